The second-order valence-corrected chi connectivity index (χ2v) is 4.78. The number of rotatable bonds is 4. The first-order valence-corrected chi connectivity index (χ1v) is 6.67. The van der Waals surface area contributed by atoms with Crippen LogP contribution >= 0.6 is 0 Å². The lowest BCUT2D eigenvalue weighted by Crippen LogP contribution is -2.24. The molecule has 0 N–H and O–H groups in total. The highest BCUT2D eigenvalue weighted by Crippen LogP contribution is 2.38. The van der Waals surface area contributed by atoms with Crippen molar-refractivity contribution in [1.29, 1.82) is 0 Å². The molecule has 4 nitrogen and oxygen atoms in total. The summed E-state index contributed by atoms with van der Waals surface area (Å²) in [6.07, 6.45) is 5.90. The maximum absolute atomic E-state index is 11.9. The minimum absolute atomic E-state index is 0.0241. The average Bonchev–Trinajstić information content (AvgIpc) is 2.53. The normalized spacial score (nSPS) is 21.4. The summed E-state index contributed by atoms with van der Waals surface area (Å²) >= 11 is 0. The largest absolute Gasteiger partial charge is 0.493 e. The molecule has 0 saturated heterocycles. The van der Waals surface area contributed by atoms with Crippen molar-refractivity contribution in [3.63, 3.8) is 0 Å². The molecule has 0 aromatic heterocycles. The molecule has 0 heterocycles. The fourth-order valence-electron chi connectivity index (χ4n) is 2.65. The van der Waals surface area contributed by atoms with E-state index in [1.165, 1.54) is 7.11 Å². The maximum Gasteiger partial charge on any atom is 0.309 e. The van der Waals surface area contributed by atoms with Crippen LogP contribution < -0.4 is 9.47 Å². The fourth-order valence-corrected chi connectivity index (χ4v) is 2.65. The third kappa shape index (κ3) is 2.79. The topological polar surface area (TPSA) is 44.8 Å². The molecule has 0 fully saturated rings. The van der Waals surface area contributed by atoms with Gasteiger partial charge in [0.15, 0.2) is 11.5 Å². The van der Waals surface area contributed by atoms with Gasteiger partial charge in [0.25, 0.3) is 0 Å². The van der Waals surface area contributed by atoms with Crippen molar-refractivity contribution in [3.05, 3.63) is 35.9 Å². The molecule has 2 rings (SSSR count). The second-order valence-electron chi connectivity index (χ2n) is 4.78. The number of methoxy groups -OCH3 is 3. The molecule has 1 aromatic rings. The van der Waals surface area contributed by atoms with Gasteiger partial charge in [-0.25, -0.2) is 0 Å². The van der Waals surface area contributed by atoms with Gasteiger partial charge in [-0.3, -0.25) is 4.79 Å². The minimum Gasteiger partial charge on any atom is -0.493 e. The van der Waals surface area contributed by atoms with E-state index in [-0.39, 0.29) is 17.8 Å². The number of carbonyl (C=O) groups is 1. The van der Waals surface area contributed by atoms with Crippen LogP contribution in [0, 0.1) is 5.92 Å². The Labute approximate surface area is 119 Å². The third-order valence-electron chi connectivity index (χ3n) is 3.72. The van der Waals surface area contributed by atoms with E-state index in [0.29, 0.717) is 11.5 Å². The van der Waals surface area contributed by atoms with Crippen molar-refractivity contribution < 1.29 is 19.0 Å². The molecular formula is C16H20O4. The zero-order valence-corrected chi connectivity index (χ0v) is 12.1. The van der Waals surface area contributed by atoms with Crippen LogP contribution in [0.4, 0.5) is 0 Å². The Morgan fingerprint density at radius 3 is 2.55 bits per heavy atom. The fraction of sp³-hybridized carbons (Fsp3) is 0.438. The lowest BCUT2D eigenvalue weighted by atomic mass is 9.79. The highest BCUT2D eigenvalue weighted by atomic mass is 16.5. The van der Waals surface area contributed by atoms with Gasteiger partial charge in [0.05, 0.1) is 27.2 Å². The summed E-state index contributed by atoms with van der Waals surface area (Å²) < 4.78 is 15.5. The number of benzene rings is 1. The molecule has 0 amide bonds. The maximum atomic E-state index is 11.9. The van der Waals surface area contributed by atoms with Crippen molar-refractivity contribution in [2.24, 2.45) is 5.92 Å². The highest BCUT2D eigenvalue weighted by Gasteiger charge is 2.30. The smallest absolute Gasteiger partial charge is 0.309 e. The Bertz CT molecular complexity index is 507. The van der Waals surface area contributed by atoms with Gasteiger partial charge >= 0.3 is 5.97 Å². The lowest BCUT2D eigenvalue weighted by molar-refractivity contribution is -0.146. The number of esters is 1. The van der Waals surface area contributed by atoms with Crippen LogP contribution in [0.1, 0.15) is 24.3 Å². The van der Waals surface area contributed by atoms with Crippen LogP contribution in [0.5, 0.6) is 11.5 Å². The molecule has 0 radical (unpaired) electrons. The van der Waals surface area contributed by atoms with Gasteiger partial charge in [-0.2, -0.15) is 0 Å². The molecule has 0 aliphatic heterocycles. The van der Waals surface area contributed by atoms with Crippen molar-refractivity contribution in [2.75, 3.05) is 21.3 Å². The summed E-state index contributed by atoms with van der Waals surface area (Å²) in [5.41, 5.74) is 1.04. The first-order valence-electron chi connectivity index (χ1n) is 6.67. The van der Waals surface area contributed by atoms with Crippen molar-refractivity contribution in [1.82, 2.24) is 0 Å². The highest BCUT2D eigenvalue weighted by molar-refractivity contribution is 5.74. The zero-order valence-electron chi connectivity index (χ0n) is 12.1. The van der Waals surface area contributed by atoms with Crippen LogP contribution in [0.25, 0.3) is 0 Å². The molecule has 20 heavy (non-hydrogen) atoms. The van der Waals surface area contributed by atoms with E-state index >= 15 is 0 Å². The van der Waals surface area contributed by atoms with E-state index in [0.717, 1.165) is 18.4 Å². The number of ether oxygens (including phenoxy) is 3. The summed E-state index contributed by atoms with van der Waals surface area (Å²) in [4.78, 5) is 11.9. The van der Waals surface area contributed by atoms with E-state index in [1.807, 2.05) is 18.2 Å². The van der Waals surface area contributed by atoms with Gasteiger partial charge < -0.3 is 14.2 Å². The van der Waals surface area contributed by atoms with Crippen LogP contribution in [0.3, 0.4) is 0 Å². The summed E-state index contributed by atoms with van der Waals surface area (Å²) in [6.45, 7) is 0. The van der Waals surface area contributed by atoms with Crippen LogP contribution in [-0.2, 0) is 9.53 Å². The zero-order chi connectivity index (χ0) is 14.5. The monoisotopic (exact) mass is 276 g/mol. The second kappa shape index (κ2) is 6.46. The predicted molar refractivity (Wildman–Crippen MR) is 76.2 cm³/mol. The minimum atomic E-state index is -0.158. The molecule has 1 aliphatic carbocycles. The standard InChI is InChI=1S/C16H20O4/c1-18-14-9-8-11(10-15(14)19-2)12-6-4-5-7-13(12)16(17)20-3/h4,6,8-10,12-13H,5,7H2,1-3H3/t12-,13+/m1/s1. The number of hydrogen-bond donors (Lipinski definition) is 0. The van der Waals surface area contributed by atoms with Crippen molar-refractivity contribution >= 4 is 5.97 Å². The summed E-state index contributed by atoms with van der Waals surface area (Å²) in [6, 6.07) is 5.76. The summed E-state index contributed by atoms with van der Waals surface area (Å²) in [5, 5.41) is 0. The lowest BCUT2D eigenvalue weighted by Gasteiger charge is -2.26. The molecule has 2 atom stereocenters. The van der Waals surface area contributed by atoms with Gasteiger partial charge in [0.2, 0.25) is 0 Å². The van der Waals surface area contributed by atoms with E-state index < -0.39 is 0 Å². The number of carbonyl (C=O) groups excluding carboxylic acids is 1. The first-order chi connectivity index (χ1) is 9.71. The Hall–Kier alpha value is -1.97. The van der Waals surface area contributed by atoms with Gasteiger partial charge in [-0.1, -0.05) is 18.2 Å². The number of hydrogen-bond acceptors (Lipinski definition) is 4. The Morgan fingerprint density at radius 1 is 1.15 bits per heavy atom. The van der Waals surface area contributed by atoms with E-state index in [4.69, 9.17) is 14.2 Å². The van der Waals surface area contributed by atoms with Gasteiger partial charge in [-0.15, -0.1) is 0 Å². The van der Waals surface area contributed by atoms with E-state index in [9.17, 15) is 4.79 Å². The van der Waals surface area contributed by atoms with E-state index in [2.05, 4.69) is 12.2 Å². The molecule has 108 valence electrons. The Kier molecular flexibility index (Phi) is 4.66. The molecule has 1 aliphatic rings. The SMILES string of the molecule is COC(=O)[C@H]1CCC=C[C@@H]1c1ccc(OC)c(OC)c1. The Morgan fingerprint density at radius 2 is 1.90 bits per heavy atom. The molecule has 1 aromatic carbocycles. The Balaban J connectivity index is 2.35. The summed E-state index contributed by atoms with van der Waals surface area (Å²) in [7, 11) is 4.65. The molecule has 4 heteroatoms. The van der Waals surface area contributed by atoms with Gasteiger partial charge in [0, 0.05) is 5.92 Å². The van der Waals surface area contributed by atoms with E-state index in [1.54, 1.807) is 14.2 Å². The van der Waals surface area contributed by atoms with Crippen molar-refractivity contribution in [2.45, 2.75) is 18.8 Å². The third-order valence-corrected chi connectivity index (χ3v) is 3.72. The van der Waals surface area contributed by atoms with Crippen LogP contribution in [0.15, 0.2) is 30.4 Å². The average molecular weight is 276 g/mol. The molecule has 0 bridgehead atoms. The van der Waals surface area contributed by atoms with Crippen LogP contribution in [0.2, 0.25) is 0 Å². The van der Waals surface area contributed by atoms with Crippen LogP contribution in [-0.4, -0.2) is 27.3 Å². The quantitative estimate of drug-likeness (QED) is 0.626. The molecule has 0 unspecified atom stereocenters. The van der Waals surface area contributed by atoms with Crippen molar-refractivity contribution in [3.8, 4) is 11.5 Å². The molecule has 0 saturated carbocycles. The molecular weight excluding hydrogens is 256 g/mol. The molecule has 0 spiro atoms. The first kappa shape index (κ1) is 14.4. The number of allylic oxidation sites excluding steroid dienone is 2. The predicted octanol–water partition coefficient (Wildman–Crippen LogP) is 2.93. The van der Waals surface area contributed by atoms with Gasteiger partial charge in [0.1, 0.15) is 0 Å². The van der Waals surface area contributed by atoms with Gasteiger partial charge in [-0.05, 0) is 30.5 Å². The summed E-state index contributed by atoms with van der Waals surface area (Å²) in [5.74, 6) is 1.09.